The molecule has 6 nitrogen and oxygen atoms in total. The van der Waals surface area contributed by atoms with Gasteiger partial charge in [0.05, 0.1) is 6.54 Å². The lowest BCUT2D eigenvalue weighted by molar-refractivity contribution is -0.139. The predicted octanol–water partition coefficient (Wildman–Crippen LogP) is 1.24. The van der Waals surface area contributed by atoms with Gasteiger partial charge in [-0.2, -0.15) is 0 Å². The van der Waals surface area contributed by atoms with Crippen LogP contribution in [0.15, 0.2) is 48.8 Å². The molecule has 0 saturated carbocycles. The van der Waals surface area contributed by atoms with Gasteiger partial charge >= 0.3 is 0 Å². The van der Waals surface area contributed by atoms with Crippen LogP contribution in [0.3, 0.4) is 0 Å². The quantitative estimate of drug-likeness (QED) is 0.895. The average molecular weight is 326 g/mol. The van der Waals surface area contributed by atoms with Crippen molar-refractivity contribution in [1.29, 1.82) is 0 Å². The number of rotatable bonds is 5. The van der Waals surface area contributed by atoms with Gasteiger partial charge in [0.2, 0.25) is 0 Å². The minimum atomic E-state index is -1.09. The van der Waals surface area contributed by atoms with E-state index in [9.17, 15) is 9.90 Å². The second-order valence-corrected chi connectivity index (χ2v) is 6.12. The SMILES string of the molecule is CN(Cc1ncccn1)[C@@H]1CCN(C(=O)[C@@H](O)c2ccccc2)C1. The van der Waals surface area contributed by atoms with Crippen molar-refractivity contribution in [3.8, 4) is 0 Å². The zero-order chi connectivity index (χ0) is 16.9. The average Bonchev–Trinajstić information content (AvgIpc) is 3.12. The molecular formula is C18H22N4O2. The molecule has 24 heavy (non-hydrogen) atoms. The van der Waals surface area contributed by atoms with Crippen molar-refractivity contribution in [2.75, 3.05) is 20.1 Å². The summed E-state index contributed by atoms with van der Waals surface area (Å²) < 4.78 is 0. The molecule has 0 unspecified atom stereocenters. The summed E-state index contributed by atoms with van der Waals surface area (Å²) in [5, 5.41) is 10.3. The largest absolute Gasteiger partial charge is 0.378 e. The number of aliphatic hydroxyl groups is 1. The first-order valence-electron chi connectivity index (χ1n) is 8.13. The van der Waals surface area contributed by atoms with Crippen LogP contribution in [0.5, 0.6) is 0 Å². The maximum absolute atomic E-state index is 12.5. The number of carbonyl (C=O) groups excluding carboxylic acids is 1. The summed E-state index contributed by atoms with van der Waals surface area (Å²) in [6.45, 7) is 1.92. The summed E-state index contributed by atoms with van der Waals surface area (Å²) in [6, 6.07) is 11.1. The Bertz CT molecular complexity index is 665. The molecule has 0 radical (unpaired) electrons. The summed E-state index contributed by atoms with van der Waals surface area (Å²) >= 11 is 0. The first kappa shape index (κ1) is 16.5. The van der Waals surface area contributed by atoms with Crippen molar-refractivity contribution in [1.82, 2.24) is 19.8 Å². The van der Waals surface area contributed by atoms with Gasteiger partial charge in [0.25, 0.3) is 5.91 Å². The first-order valence-corrected chi connectivity index (χ1v) is 8.13. The standard InChI is InChI=1S/C18H22N4O2/c1-21(13-16-19-9-5-10-20-16)15-8-11-22(12-15)18(24)17(23)14-6-3-2-4-7-14/h2-7,9-10,15,17,23H,8,11-13H2,1H3/t15-,17+/m1/s1. The lowest BCUT2D eigenvalue weighted by Crippen LogP contribution is -2.38. The summed E-state index contributed by atoms with van der Waals surface area (Å²) in [4.78, 5) is 24.9. The maximum Gasteiger partial charge on any atom is 0.256 e. The van der Waals surface area contributed by atoms with E-state index in [4.69, 9.17) is 0 Å². The van der Waals surface area contributed by atoms with Crippen LogP contribution in [0.25, 0.3) is 0 Å². The third kappa shape index (κ3) is 3.77. The van der Waals surface area contributed by atoms with Crippen LogP contribution in [-0.4, -0.2) is 57.0 Å². The van der Waals surface area contributed by atoms with Gasteiger partial charge in [0.15, 0.2) is 6.10 Å². The third-order valence-electron chi connectivity index (χ3n) is 4.46. The molecule has 3 rings (SSSR count). The summed E-state index contributed by atoms with van der Waals surface area (Å²) in [7, 11) is 2.02. The Hall–Kier alpha value is -2.31. The summed E-state index contributed by atoms with van der Waals surface area (Å²) in [5.41, 5.74) is 0.636. The molecule has 6 heteroatoms. The van der Waals surface area contributed by atoms with E-state index < -0.39 is 6.10 Å². The van der Waals surface area contributed by atoms with Crippen LogP contribution in [0, 0.1) is 0 Å². The van der Waals surface area contributed by atoms with E-state index in [2.05, 4.69) is 14.9 Å². The van der Waals surface area contributed by atoms with Crippen LogP contribution in [0.2, 0.25) is 0 Å². The number of aromatic nitrogens is 2. The highest BCUT2D eigenvalue weighted by Crippen LogP contribution is 2.21. The predicted molar refractivity (Wildman–Crippen MR) is 89.9 cm³/mol. The number of amides is 1. The second kappa shape index (κ2) is 7.51. The van der Waals surface area contributed by atoms with Gasteiger partial charge in [0.1, 0.15) is 5.82 Å². The number of likely N-dealkylation sites (tertiary alicyclic amines) is 1. The van der Waals surface area contributed by atoms with Crippen LogP contribution in [0.4, 0.5) is 0 Å². The fraction of sp³-hybridized carbons (Fsp3) is 0.389. The molecule has 0 spiro atoms. The number of benzene rings is 1. The van der Waals surface area contributed by atoms with Crippen LogP contribution in [0.1, 0.15) is 23.9 Å². The van der Waals surface area contributed by atoms with Crippen molar-refractivity contribution < 1.29 is 9.90 Å². The zero-order valence-corrected chi connectivity index (χ0v) is 13.7. The monoisotopic (exact) mass is 326 g/mol. The third-order valence-corrected chi connectivity index (χ3v) is 4.46. The van der Waals surface area contributed by atoms with Gasteiger partial charge in [-0.1, -0.05) is 30.3 Å². The Morgan fingerprint density at radius 2 is 2.00 bits per heavy atom. The molecule has 1 aliphatic rings. The van der Waals surface area contributed by atoms with Gasteiger partial charge in [-0.3, -0.25) is 9.69 Å². The molecule has 1 amide bonds. The van der Waals surface area contributed by atoms with Gasteiger partial charge in [-0.05, 0) is 25.1 Å². The molecule has 2 aromatic rings. The minimum absolute atomic E-state index is 0.229. The Kier molecular flexibility index (Phi) is 5.17. The van der Waals surface area contributed by atoms with E-state index in [1.54, 1.807) is 35.5 Å². The number of carbonyl (C=O) groups is 1. The lowest BCUT2D eigenvalue weighted by Gasteiger charge is -2.25. The maximum atomic E-state index is 12.5. The molecule has 1 aromatic carbocycles. The fourth-order valence-electron chi connectivity index (χ4n) is 3.02. The molecule has 0 aliphatic carbocycles. The number of hydrogen-bond donors (Lipinski definition) is 1. The van der Waals surface area contributed by atoms with Crippen molar-refractivity contribution in [3.63, 3.8) is 0 Å². The minimum Gasteiger partial charge on any atom is -0.378 e. The van der Waals surface area contributed by atoms with Crippen molar-refractivity contribution in [2.45, 2.75) is 25.1 Å². The number of likely N-dealkylation sites (N-methyl/N-ethyl adjacent to an activating group) is 1. The van der Waals surface area contributed by atoms with E-state index in [0.29, 0.717) is 25.2 Å². The molecule has 1 N–H and O–H groups in total. The van der Waals surface area contributed by atoms with Crippen LogP contribution < -0.4 is 0 Å². The van der Waals surface area contributed by atoms with E-state index >= 15 is 0 Å². The molecule has 1 saturated heterocycles. The van der Waals surface area contributed by atoms with Crippen molar-refractivity contribution in [2.24, 2.45) is 0 Å². The number of nitrogens with zero attached hydrogens (tertiary/aromatic N) is 4. The molecule has 1 aliphatic heterocycles. The van der Waals surface area contributed by atoms with E-state index in [-0.39, 0.29) is 11.9 Å². The van der Waals surface area contributed by atoms with Gasteiger partial charge < -0.3 is 10.0 Å². The Labute approximate surface area is 141 Å². The smallest absolute Gasteiger partial charge is 0.256 e. The van der Waals surface area contributed by atoms with E-state index in [1.807, 2.05) is 25.2 Å². The normalized spacial score (nSPS) is 18.8. The summed E-state index contributed by atoms with van der Waals surface area (Å²) in [6.07, 6.45) is 3.26. The lowest BCUT2D eigenvalue weighted by atomic mass is 10.1. The van der Waals surface area contributed by atoms with E-state index in [0.717, 1.165) is 12.2 Å². The van der Waals surface area contributed by atoms with Gasteiger partial charge in [0, 0.05) is 31.5 Å². The molecular weight excluding hydrogens is 304 g/mol. The van der Waals surface area contributed by atoms with Gasteiger partial charge in [-0.15, -0.1) is 0 Å². The van der Waals surface area contributed by atoms with E-state index in [1.165, 1.54) is 0 Å². The topological polar surface area (TPSA) is 69.6 Å². The Morgan fingerprint density at radius 3 is 2.71 bits per heavy atom. The molecule has 1 aromatic heterocycles. The van der Waals surface area contributed by atoms with Crippen molar-refractivity contribution >= 4 is 5.91 Å². The van der Waals surface area contributed by atoms with Gasteiger partial charge in [-0.25, -0.2) is 9.97 Å². The molecule has 2 heterocycles. The number of aliphatic hydroxyl groups excluding tert-OH is 1. The summed E-state index contributed by atoms with van der Waals surface area (Å²) in [5.74, 6) is 0.544. The Balaban J connectivity index is 1.57. The first-order chi connectivity index (χ1) is 11.6. The highest BCUT2D eigenvalue weighted by Gasteiger charge is 2.32. The second-order valence-electron chi connectivity index (χ2n) is 6.12. The molecule has 1 fully saturated rings. The zero-order valence-electron chi connectivity index (χ0n) is 13.7. The van der Waals surface area contributed by atoms with Crippen LogP contribution >= 0.6 is 0 Å². The number of hydrogen-bond acceptors (Lipinski definition) is 5. The van der Waals surface area contributed by atoms with Crippen LogP contribution in [-0.2, 0) is 11.3 Å². The highest BCUT2D eigenvalue weighted by molar-refractivity contribution is 5.82. The Morgan fingerprint density at radius 1 is 1.29 bits per heavy atom. The fourth-order valence-corrected chi connectivity index (χ4v) is 3.02. The molecule has 0 bridgehead atoms. The molecule has 2 atom stereocenters. The highest BCUT2D eigenvalue weighted by atomic mass is 16.3. The molecule has 126 valence electrons. The van der Waals surface area contributed by atoms with Crippen molar-refractivity contribution in [3.05, 3.63) is 60.2 Å².